The van der Waals surface area contributed by atoms with Gasteiger partial charge in [0.2, 0.25) is 0 Å². The SMILES string of the molecule is C=O.C=O.C=O.C=O.CC.CN(C)C.CNC(=O)c1ccc2c(C3CCCCC3)c3n(c2c1)CC(C)(CN1C2CCC1CC(C)(O)C2)Cc1cc(OC)ccc1-3. The van der Waals surface area contributed by atoms with E-state index >= 15 is 0 Å². The van der Waals surface area contributed by atoms with Gasteiger partial charge in [-0.1, -0.05) is 46.1 Å². The lowest BCUT2D eigenvalue weighted by Gasteiger charge is -2.46. The number of nitrogens with one attached hydrogen (secondary N) is 1. The maximum Gasteiger partial charge on any atom is 0.251 e. The lowest BCUT2D eigenvalue weighted by atomic mass is 9.79. The molecule has 7 rings (SSSR count). The van der Waals surface area contributed by atoms with Crippen molar-refractivity contribution in [2.75, 3.05) is 41.8 Å². The summed E-state index contributed by atoms with van der Waals surface area (Å²) in [5, 5.41) is 15.1. The zero-order chi connectivity index (χ0) is 42.8. The highest BCUT2D eigenvalue weighted by Crippen LogP contribution is 2.50. The first-order chi connectivity index (χ1) is 26.9. The van der Waals surface area contributed by atoms with E-state index in [1.807, 2.05) is 80.0 Å². The summed E-state index contributed by atoms with van der Waals surface area (Å²) in [4.78, 5) is 49.6. The van der Waals surface area contributed by atoms with Crippen molar-refractivity contribution in [2.24, 2.45) is 5.41 Å². The largest absolute Gasteiger partial charge is 0.497 e. The predicted octanol–water partition coefficient (Wildman–Crippen LogP) is 7.13. The molecule has 2 bridgehead atoms. The van der Waals surface area contributed by atoms with Crippen LogP contribution < -0.4 is 10.1 Å². The first-order valence-corrected chi connectivity index (χ1v) is 19.7. The Bertz CT molecular complexity index is 1620. The van der Waals surface area contributed by atoms with E-state index < -0.39 is 5.60 Å². The number of fused-ring (bicyclic) bond motifs is 7. The molecule has 2 saturated heterocycles. The quantitative estimate of drug-likeness (QED) is 0.277. The summed E-state index contributed by atoms with van der Waals surface area (Å²) in [6.45, 7) is 18.4. The normalized spacial score (nSPS) is 23.3. The van der Waals surface area contributed by atoms with Gasteiger partial charge in [-0.15, -0.1) is 0 Å². The van der Waals surface area contributed by atoms with Crippen molar-refractivity contribution in [1.82, 2.24) is 19.7 Å². The van der Waals surface area contributed by atoms with Crippen molar-refractivity contribution < 1.29 is 33.8 Å². The summed E-state index contributed by atoms with van der Waals surface area (Å²) < 4.78 is 8.35. The Morgan fingerprint density at radius 3 is 1.95 bits per heavy atom. The molecule has 3 unspecified atom stereocenters. The number of benzene rings is 2. The second-order valence-electron chi connectivity index (χ2n) is 15.8. The van der Waals surface area contributed by atoms with Crippen LogP contribution in [-0.4, -0.2) is 112 Å². The zero-order valence-electron chi connectivity index (χ0n) is 35.7. The van der Waals surface area contributed by atoms with E-state index in [2.05, 4.69) is 52.0 Å². The third-order valence-corrected chi connectivity index (χ3v) is 11.0. The van der Waals surface area contributed by atoms with Crippen LogP contribution in [0.1, 0.15) is 113 Å². The molecule has 4 heterocycles. The van der Waals surface area contributed by atoms with Crippen LogP contribution >= 0.6 is 0 Å². The van der Waals surface area contributed by atoms with E-state index in [1.165, 1.54) is 78.2 Å². The van der Waals surface area contributed by atoms with Gasteiger partial charge in [-0.25, -0.2) is 0 Å². The number of piperidine rings is 1. The van der Waals surface area contributed by atoms with Gasteiger partial charge < -0.3 is 43.8 Å². The highest BCUT2D eigenvalue weighted by Gasteiger charge is 2.48. The molecule has 1 amide bonds. The third-order valence-electron chi connectivity index (χ3n) is 11.0. The second kappa shape index (κ2) is 23.8. The molecule has 1 saturated carbocycles. The minimum absolute atomic E-state index is 0.0325. The molecule has 4 aliphatic rings. The summed E-state index contributed by atoms with van der Waals surface area (Å²) in [5.41, 5.74) is 6.84. The van der Waals surface area contributed by atoms with E-state index in [9.17, 15) is 9.90 Å². The van der Waals surface area contributed by atoms with Crippen LogP contribution in [0.3, 0.4) is 0 Å². The Kier molecular flexibility index (Phi) is 21.2. The number of hydrogen-bond acceptors (Lipinski definition) is 9. The summed E-state index contributed by atoms with van der Waals surface area (Å²) in [5.74, 6) is 1.41. The summed E-state index contributed by atoms with van der Waals surface area (Å²) in [6.07, 6.45) is 11.4. The van der Waals surface area contributed by atoms with Crippen LogP contribution in [0, 0.1) is 5.41 Å². The average molecular weight is 779 g/mol. The van der Waals surface area contributed by atoms with E-state index in [0.29, 0.717) is 18.0 Å². The van der Waals surface area contributed by atoms with Crippen molar-refractivity contribution in [1.29, 1.82) is 0 Å². The molecular weight excluding hydrogens is 709 g/mol. The molecule has 2 aromatic carbocycles. The maximum absolute atomic E-state index is 12.8. The van der Waals surface area contributed by atoms with Crippen molar-refractivity contribution >= 4 is 44.0 Å². The standard InChI is InChI=1S/C36H47N3O3.C3H9N.C2H6.4CH2O/c1-35(21-38-26-11-12-27(38)20-36(2,41)19-26)18-25-16-28(42-4)13-15-29(25)33-32(23-8-6-5-7-9-23)30-14-10-24(34(40)37-3)17-31(30)39(33)22-35;1-4(2)3;5*1-2/h10,13-17,23,26-27,41H,5-9,11-12,18-22H2,1-4H3,(H,37,40);1-3H3;1-2H3;4*1H2. The Morgan fingerprint density at radius 2 is 1.43 bits per heavy atom. The Morgan fingerprint density at radius 1 is 0.875 bits per heavy atom. The molecule has 56 heavy (non-hydrogen) atoms. The third kappa shape index (κ3) is 11.9. The van der Waals surface area contributed by atoms with Crippen molar-refractivity contribution in [3.8, 4) is 17.0 Å². The van der Waals surface area contributed by atoms with Crippen molar-refractivity contribution in [3.05, 3.63) is 53.1 Å². The molecule has 2 N–H and O–H groups in total. The number of aliphatic hydroxyl groups is 1. The molecule has 1 aromatic heterocycles. The molecule has 1 aliphatic carbocycles. The van der Waals surface area contributed by atoms with Crippen LogP contribution in [0.5, 0.6) is 5.75 Å². The van der Waals surface area contributed by atoms with Gasteiger partial charge in [-0.2, -0.15) is 0 Å². The fourth-order valence-corrected chi connectivity index (χ4v) is 9.25. The van der Waals surface area contributed by atoms with E-state index in [4.69, 9.17) is 23.9 Å². The summed E-state index contributed by atoms with van der Waals surface area (Å²) in [6, 6.07) is 14.0. The number of nitrogens with zero attached hydrogens (tertiary/aromatic N) is 3. The van der Waals surface area contributed by atoms with Gasteiger partial charge >= 0.3 is 0 Å². The Hall–Kier alpha value is -4.19. The van der Waals surface area contributed by atoms with Crippen molar-refractivity contribution in [2.45, 2.75) is 122 Å². The minimum Gasteiger partial charge on any atom is -0.497 e. The van der Waals surface area contributed by atoms with Crippen LogP contribution in [0.15, 0.2) is 36.4 Å². The van der Waals surface area contributed by atoms with Gasteiger partial charge in [0, 0.05) is 59.7 Å². The van der Waals surface area contributed by atoms with Crippen molar-refractivity contribution in [3.63, 3.8) is 0 Å². The van der Waals surface area contributed by atoms with Crippen LogP contribution in [-0.2, 0) is 32.1 Å². The van der Waals surface area contributed by atoms with Gasteiger partial charge in [0.15, 0.2) is 0 Å². The molecule has 3 aromatic rings. The molecule has 3 fully saturated rings. The Labute approximate surface area is 336 Å². The monoisotopic (exact) mass is 779 g/mol. The second-order valence-corrected chi connectivity index (χ2v) is 15.8. The van der Waals surface area contributed by atoms with E-state index in [1.54, 1.807) is 14.2 Å². The topological polar surface area (TPSA) is 138 Å². The first kappa shape index (κ1) is 49.8. The smallest absolute Gasteiger partial charge is 0.251 e. The van der Waals surface area contributed by atoms with Crippen LogP contribution in [0.25, 0.3) is 22.2 Å². The lowest BCUT2D eigenvalue weighted by Crippen LogP contribution is -2.53. The average Bonchev–Trinajstić information content (AvgIpc) is 3.61. The fourth-order valence-electron chi connectivity index (χ4n) is 9.25. The van der Waals surface area contributed by atoms with Crippen LogP contribution in [0.2, 0.25) is 0 Å². The zero-order valence-corrected chi connectivity index (χ0v) is 35.7. The highest BCUT2D eigenvalue weighted by atomic mass is 16.5. The van der Waals surface area contributed by atoms with E-state index in [0.717, 1.165) is 43.7 Å². The van der Waals surface area contributed by atoms with Gasteiger partial charge in [-0.05, 0) is 120 Å². The first-order valence-electron chi connectivity index (χ1n) is 19.7. The number of aromatic nitrogens is 1. The summed E-state index contributed by atoms with van der Waals surface area (Å²) in [7, 11) is 9.48. The Balaban J connectivity index is 0.00000100. The molecule has 11 nitrogen and oxygen atoms in total. The number of carbonyl (C=O) groups is 5. The predicted molar refractivity (Wildman–Crippen MR) is 228 cm³/mol. The number of carbonyl (C=O) groups excluding carboxylic acids is 5. The molecule has 3 atom stereocenters. The summed E-state index contributed by atoms with van der Waals surface area (Å²) >= 11 is 0. The lowest BCUT2D eigenvalue weighted by molar-refractivity contribution is -0.0987. The molecule has 3 aliphatic heterocycles. The molecule has 11 heteroatoms. The molecule has 312 valence electrons. The van der Waals surface area contributed by atoms with E-state index in [-0.39, 0.29) is 11.3 Å². The van der Waals surface area contributed by atoms with Crippen LogP contribution in [0.4, 0.5) is 0 Å². The van der Waals surface area contributed by atoms with Gasteiger partial charge in [0.05, 0.1) is 18.4 Å². The number of methoxy groups -OCH3 is 1. The van der Waals surface area contributed by atoms with Gasteiger partial charge in [0.25, 0.3) is 5.91 Å². The molecular formula is C45H70N4O7. The number of ether oxygens (including phenoxy) is 1. The highest BCUT2D eigenvalue weighted by molar-refractivity contribution is 6.01. The number of rotatable bonds is 5. The van der Waals surface area contributed by atoms with Gasteiger partial charge in [-0.3, -0.25) is 9.69 Å². The molecule has 0 radical (unpaired) electrons. The maximum atomic E-state index is 12.8. The fraction of sp³-hybridized carbons (Fsp3) is 0.578. The van der Waals surface area contributed by atoms with Gasteiger partial charge in [0.1, 0.15) is 32.9 Å². The minimum atomic E-state index is -0.554. The molecule has 0 spiro atoms. The number of amides is 1. The number of hydrogen-bond donors (Lipinski definition) is 2.